The first kappa shape index (κ1) is 16.6. The van der Waals surface area contributed by atoms with Gasteiger partial charge in [0.1, 0.15) is 12.4 Å². The molecule has 22 heavy (non-hydrogen) atoms. The molecule has 0 aliphatic heterocycles. The van der Waals surface area contributed by atoms with Gasteiger partial charge in [0, 0.05) is 6.61 Å². The molecule has 0 saturated carbocycles. The average Bonchev–Trinajstić information content (AvgIpc) is 2.53. The Hall–Kier alpha value is -1.80. The Morgan fingerprint density at radius 1 is 1.05 bits per heavy atom. The zero-order chi connectivity index (χ0) is 15.8. The highest BCUT2D eigenvalue weighted by Crippen LogP contribution is 2.20. The first-order chi connectivity index (χ1) is 10.7. The lowest BCUT2D eigenvalue weighted by molar-refractivity contribution is 0.0961. The summed E-state index contributed by atoms with van der Waals surface area (Å²) < 4.78 is 11.4. The molecule has 0 radical (unpaired) electrons. The maximum absolute atomic E-state index is 5.74. The van der Waals surface area contributed by atoms with E-state index in [-0.39, 0.29) is 0 Å². The second-order valence-electron chi connectivity index (χ2n) is 5.86. The number of benzene rings is 2. The molecule has 0 spiro atoms. The van der Waals surface area contributed by atoms with Gasteiger partial charge in [-0.1, -0.05) is 49.4 Å². The van der Waals surface area contributed by atoms with E-state index in [4.69, 9.17) is 9.47 Å². The molecular formula is C20H26O2. The van der Waals surface area contributed by atoms with Gasteiger partial charge in [0.25, 0.3) is 0 Å². The smallest absolute Gasteiger partial charge is 0.120 e. The van der Waals surface area contributed by atoms with E-state index in [0.717, 1.165) is 25.2 Å². The van der Waals surface area contributed by atoms with E-state index in [1.165, 1.54) is 16.3 Å². The molecule has 118 valence electrons. The molecule has 2 aromatic rings. The highest BCUT2D eigenvalue weighted by atomic mass is 16.5. The van der Waals surface area contributed by atoms with Crippen LogP contribution in [0.3, 0.4) is 0 Å². The van der Waals surface area contributed by atoms with Crippen molar-refractivity contribution in [2.75, 3.05) is 19.8 Å². The highest BCUT2D eigenvalue weighted by Gasteiger charge is 2.02. The van der Waals surface area contributed by atoms with E-state index < -0.39 is 0 Å². The fraction of sp³-hybridized carbons (Fsp3) is 0.400. The van der Waals surface area contributed by atoms with Crippen LogP contribution < -0.4 is 4.74 Å². The predicted octanol–water partition coefficient (Wildman–Crippen LogP) is 5.23. The third kappa shape index (κ3) is 5.19. The lowest BCUT2D eigenvalue weighted by Crippen LogP contribution is -2.08. The van der Waals surface area contributed by atoms with Gasteiger partial charge in [-0.3, -0.25) is 0 Å². The van der Waals surface area contributed by atoms with Crippen molar-refractivity contribution in [2.45, 2.75) is 26.7 Å². The van der Waals surface area contributed by atoms with Crippen molar-refractivity contribution >= 4 is 10.8 Å². The van der Waals surface area contributed by atoms with E-state index in [9.17, 15) is 0 Å². The van der Waals surface area contributed by atoms with Crippen LogP contribution in [0.5, 0.6) is 5.75 Å². The van der Waals surface area contributed by atoms with Crippen LogP contribution in [-0.2, 0) is 4.74 Å². The molecule has 2 rings (SSSR count). The fourth-order valence-corrected chi connectivity index (χ4v) is 2.32. The maximum atomic E-state index is 5.74. The molecule has 0 heterocycles. The minimum Gasteiger partial charge on any atom is -0.491 e. The van der Waals surface area contributed by atoms with Gasteiger partial charge in [0.15, 0.2) is 0 Å². The second-order valence-corrected chi connectivity index (χ2v) is 5.86. The Kier molecular flexibility index (Phi) is 6.47. The van der Waals surface area contributed by atoms with Crippen LogP contribution in [-0.4, -0.2) is 19.8 Å². The van der Waals surface area contributed by atoms with Crippen molar-refractivity contribution in [1.29, 1.82) is 0 Å². The molecule has 1 unspecified atom stereocenters. The third-order valence-corrected chi connectivity index (χ3v) is 3.98. The maximum Gasteiger partial charge on any atom is 0.120 e. The SMILES string of the molecule is C=C(C)C(C)CCCOCCOc1ccc2ccccc2c1. The first-order valence-electron chi connectivity index (χ1n) is 8.01. The van der Waals surface area contributed by atoms with Crippen molar-refractivity contribution in [2.24, 2.45) is 5.92 Å². The molecule has 2 nitrogen and oxygen atoms in total. The lowest BCUT2D eigenvalue weighted by Gasteiger charge is -2.11. The van der Waals surface area contributed by atoms with Gasteiger partial charge in [-0.25, -0.2) is 0 Å². The van der Waals surface area contributed by atoms with Crippen LogP contribution in [0.4, 0.5) is 0 Å². The quantitative estimate of drug-likeness (QED) is 0.466. The fourth-order valence-electron chi connectivity index (χ4n) is 2.32. The van der Waals surface area contributed by atoms with E-state index in [2.05, 4.69) is 44.7 Å². The molecule has 0 bridgehead atoms. The zero-order valence-electron chi connectivity index (χ0n) is 13.7. The molecule has 1 atom stereocenters. The van der Waals surface area contributed by atoms with Crippen LogP contribution >= 0.6 is 0 Å². The van der Waals surface area contributed by atoms with Gasteiger partial charge in [0.05, 0.1) is 6.61 Å². The van der Waals surface area contributed by atoms with E-state index >= 15 is 0 Å². The normalized spacial score (nSPS) is 12.3. The van der Waals surface area contributed by atoms with Crippen molar-refractivity contribution in [3.63, 3.8) is 0 Å². The van der Waals surface area contributed by atoms with E-state index in [1.54, 1.807) is 0 Å². The Morgan fingerprint density at radius 3 is 2.59 bits per heavy atom. The third-order valence-electron chi connectivity index (χ3n) is 3.98. The molecule has 0 aliphatic carbocycles. The van der Waals surface area contributed by atoms with Crippen LogP contribution in [0, 0.1) is 5.92 Å². The van der Waals surface area contributed by atoms with Crippen LogP contribution in [0.2, 0.25) is 0 Å². The van der Waals surface area contributed by atoms with E-state index in [1.807, 2.05) is 18.2 Å². The molecule has 2 aromatic carbocycles. The number of hydrogen-bond donors (Lipinski definition) is 0. The molecule has 0 aliphatic rings. The molecule has 2 heteroatoms. The Morgan fingerprint density at radius 2 is 1.82 bits per heavy atom. The van der Waals surface area contributed by atoms with Crippen LogP contribution in [0.25, 0.3) is 10.8 Å². The summed E-state index contributed by atoms with van der Waals surface area (Å²) >= 11 is 0. The van der Waals surface area contributed by atoms with Crippen LogP contribution in [0.1, 0.15) is 26.7 Å². The van der Waals surface area contributed by atoms with Gasteiger partial charge in [0.2, 0.25) is 0 Å². The summed E-state index contributed by atoms with van der Waals surface area (Å²) in [5.41, 5.74) is 1.25. The largest absolute Gasteiger partial charge is 0.491 e. The second kappa shape index (κ2) is 8.60. The average molecular weight is 298 g/mol. The monoisotopic (exact) mass is 298 g/mol. The standard InChI is InChI=1S/C20H26O2/c1-16(2)17(3)7-6-12-21-13-14-22-20-11-10-18-8-4-5-9-19(18)15-20/h4-5,8-11,15,17H,1,6-7,12-14H2,2-3H3. The first-order valence-corrected chi connectivity index (χ1v) is 8.01. The minimum atomic E-state index is 0.581. The van der Waals surface area contributed by atoms with Crippen molar-refractivity contribution < 1.29 is 9.47 Å². The minimum absolute atomic E-state index is 0.581. The number of allylic oxidation sites excluding steroid dienone is 1. The molecule has 0 saturated heterocycles. The van der Waals surface area contributed by atoms with Crippen LogP contribution in [0.15, 0.2) is 54.6 Å². The number of rotatable bonds is 9. The molecule has 0 fully saturated rings. The van der Waals surface area contributed by atoms with E-state index in [0.29, 0.717) is 19.1 Å². The molecular weight excluding hydrogens is 272 g/mol. The van der Waals surface area contributed by atoms with Crippen molar-refractivity contribution in [3.8, 4) is 5.75 Å². The number of ether oxygens (including phenoxy) is 2. The van der Waals surface area contributed by atoms with Crippen molar-refractivity contribution in [3.05, 3.63) is 54.6 Å². The molecule has 0 aromatic heterocycles. The Balaban J connectivity index is 1.63. The Labute approximate surface area is 133 Å². The summed E-state index contributed by atoms with van der Waals surface area (Å²) in [6, 6.07) is 14.5. The highest BCUT2D eigenvalue weighted by molar-refractivity contribution is 5.83. The topological polar surface area (TPSA) is 18.5 Å². The van der Waals surface area contributed by atoms with Gasteiger partial charge in [-0.05, 0) is 48.6 Å². The number of fused-ring (bicyclic) bond motifs is 1. The van der Waals surface area contributed by atoms with Gasteiger partial charge < -0.3 is 9.47 Å². The molecule has 0 amide bonds. The van der Waals surface area contributed by atoms with Gasteiger partial charge >= 0.3 is 0 Å². The Bertz CT molecular complexity index is 603. The summed E-state index contributed by atoms with van der Waals surface area (Å²) in [7, 11) is 0. The number of hydrogen-bond acceptors (Lipinski definition) is 2. The summed E-state index contributed by atoms with van der Waals surface area (Å²) in [4.78, 5) is 0. The summed E-state index contributed by atoms with van der Waals surface area (Å²) in [5, 5.41) is 2.44. The molecule has 0 N–H and O–H groups in total. The zero-order valence-corrected chi connectivity index (χ0v) is 13.7. The summed E-state index contributed by atoms with van der Waals surface area (Å²) in [6.45, 7) is 10.3. The van der Waals surface area contributed by atoms with Gasteiger partial charge in [-0.2, -0.15) is 0 Å². The summed E-state index contributed by atoms with van der Waals surface area (Å²) in [6.07, 6.45) is 2.21. The van der Waals surface area contributed by atoms with Crippen molar-refractivity contribution in [1.82, 2.24) is 0 Å². The predicted molar refractivity (Wildman–Crippen MR) is 93.5 cm³/mol. The lowest BCUT2D eigenvalue weighted by atomic mass is 9.99. The van der Waals surface area contributed by atoms with Gasteiger partial charge in [-0.15, -0.1) is 0 Å². The summed E-state index contributed by atoms with van der Waals surface area (Å²) in [5.74, 6) is 1.48.